The normalized spacial score (nSPS) is 11.2. The van der Waals surface area contributed by atoms with E-state index in [4.69, 9.17) is 0 Å². The van der Waals surface area contributed by atoms with Crippen LogP contribution in [-0.4, -0.2) is 10.6 Å². The molecule has 0 bridgehead atoms. The summed E-state index contributed by atoms with van der Waals surface area (Å²) in [6, 6.07) is 14.2. The van der Waals surface area contributed by atoms with Gasteiger partial charge in [-0.1, -0.05) is 18.2 Å². The van der Waals surface area contributed by atoms with Crippen LogP contribution in [0.2, 0.25) is 0 Å². The summed E-state index contributed by atoms with van der Waals surface area (Å²) in [7, 11) is 0. The smallest absolute Gasteiger partial charge is 0.269 e. The SMILES string of the molecule is C/C(=N/Nc1ccccc1C)c1ccc([N+](=O)[O-])cc1. The maximum atomic E-state index is 10.6. The molecule has 0 atom stereocenters. The Balaban J connectivity index is 2.14. The number of nitro groups is 1. The van der Waals surface area contributed by atoms with Crippen molar-refractivity contribution in [2.24, 2.45) is 5.10 Å². The molecule has 0 amide bonds. The second-order valence-electron chi connectivity index (χ2n) is 4.43. The van der Waals surface area contributed by atoms with Crippen LogP contribution in [0.5, 0.6) is 0 Å². The number of para-hydroxylation sites is 1. The van der Waals surface area contributed by atoms with E-state index in [1.165, 1.54) is 12.1 Å². The average molecular weight is 269 g/mol. The van der Waals surface area contributed by atoms with E-state index in [1.807, 2.05) is 38.1 Å². The van der Waals surface area contributed by atoms with Crippen molar-refractivity contribution >= 4 is 17.1 Å². The Kier molecular flexibility index (Phi) is 4.10. The van der Waals surface area contributed by atoms with Crippen LogP contribution in [-0.2, 0) is 0 Å². The molecule has 0 aliphatic carbocycles. The van der Waals surface area contributed by atoms with E-state index in [-0.39, 0.29) is 5.69 Å². The zero-order valence-electron chi connectivity index (χ0n) is 11.3. The topological polar surface area (TPSA) is 67.5 Å². The summed E-state index contributed by atoms with van der Waals surface area (Å²) in [5, 5.41) is 14.9. The Bertz CT molecular complexity index is 648. The average Bonchev–Trinajstić information content (AvgIpc) is 2.46. The molecule has 0 fully saturated rings. The molecule has 0 saturated carbocycles. The fraction of sp³-hybridized carbons (Fsp3) is 0.133. The highest BCUT2D eigenvalue weighted by Crippen LogP contribution is 2.15. The number of benzene rings is 2. The van der Waals surface area contributed by atoms with Crippen molar-refractivity contribution in [2.75, 3.05) is 5.43 Å². The molecule has 0 aromatic heterocycles. The van der Waals surface area contributed by atoms with Crippen LogP contribution in [0.25, 0.3) is 0 Å². The summed E-state index contributed by atoms with van der Waals surface area (Å²) in [5.74, 6) is 0. The number of nitro benzene ring substituents is 1. The maximum Gasteiger partial charge on any atom is 0.269 e. The third-order valence-corrected chi connectivity index (χ3v) is 2.99. The van der Waals surface area contributed by atoms with Gasteiger partial charge in [-0.2, -0.15) is 5.10 Å². The van der Waals surface area contributed by atoms with E-state index < -0.39 is 4.92 Å². The second-order valence-corrected chi connectivity index (χ2v) is 4.43. The lowest BCUT2D eigenvalue weighted by Crippen LogP contribution is -2.00. The molecule has 2 rings (SSSR count). The summed E-state index contributed by atoms with van der Waals surface area (Å²) in [5.41, 5.74) is 6.73. The summed E-state index contributed by atoms with van der Waals surface area (Å²) in [6.45, 7) is 3.85. The third kappa shape index (κ3) is 3.20. The zero-order chi connectivity index (χ0) is 14.5. The van der Waals surface area contributed by atoms with E-state index in [0.29, 0.717) is 0 Å². The van der Waals surface area contributed by atoms with Crippen molar-refractivity contribution in [3.05, 3.63) is 69.8 Å². The van der Waals surface area contributed by atoms with Gasteiger partial charge in [0, 0.05) is 12.1 Å². The number of hydrazone groups is 1. The van der Waals surface area contributed by atoms with Crippen molar-refractivity contribution in [1.29, 1.82) is 0 Å². The van der Waals surface area contributed by atoms with Crippen LogP contribution in [0.4, 0.5) is 11.4 Å². The Morgan fingerprint density at radius 3 is 2.40 bits per heavy atom. The van der Waals surface area contributed by atoms with Gasteiger partial charge < -0.3 is 0 Å². The van der Waals surface area contributed by atoms with Crippen molar-refractivity contribution in [3.8, 4) is 0 Å². The van der Waals surface area contributed by atoms with Crippen LogP contribution >= 0.6 is 0 Å². The van der Waals surface area contributed by atoms with Crippen LogP contribution in [0, 0.1) is 17.0 Å². The van der Waals surface area contributed by atoms with Gasteiger partial charge in [-0.05, 0) is 43.2 Å². The highest BCUT2D eigenvalue weighted by Gasteiger charge is 2.05. The number of nitrogens with zero attached hydrogens (tertiary/aromatic N) is 2. The van der Waals surface area contributed by atoms with Crippen LogP contribution in [0.1, 0.15) is 18.1 Å². The molecule has 2 aromatic carbocycles. The Morgan fingerprint density at radius 2 is 1.80 bits per heavy atom. The molecule has 0 heterocycles. The largest absolute Gasteiger partial charge is 0.278 e. The van der Waals surface area contributed by atoms with Crippen LogP contribution < -0.4 is 5.43 Å². The van der Waals surface area contributed by atoms with E-state index in [2.05, 4.69) is 10.5 Å². The van der Waals surface area contributed by atoms with Gasteiger partial charge in [-0.3, -0.25) is 15.5 Å². The highest BCUT2D eigenvalue weighted by atomic mass is 16.6. The van der Waals surface area contributed by atoms with E-state index in [0.717, 1.165) is 22.5 Å². The van der Waals surface area contributed by atoms with Gasteiger partial charge >= 0.3 is 0 Å². The van der Waals surface area contributed by atoms with Crippen molar-refractivity contribution in [3.63, 3.8) is 0 Å². The minimum Gasteiger partial charge on any atom is -0.278 e. The van der Waals surface area contributed by atoms with Crippen LogP contribution in [0.3, 0.4) is 0 Å². The summed E-state index contributed by atoms with van der Waals surface area (Å²) < 4.78 is 0. The molecule has 1 N–H and O–H groups in total. The number of anilines is 1. The Labute approximate surface area is 117 Å². The lowest BCUT2D eigenvalue weighted by molar-refractivity contribution is -0.384. The predicted octanol–water partition coefficient (Wildman–Crippen LogP) is 3.74. The van der Waals surface area contributed by atoms with Crippen molar-refractivity contribution in [1.82, 2.24) is 0 Å². The molecule has 0 unspecified atom stereocenters. The quantitative estimate of drug-likeness (QED) is 0.522. The number of aryl methyl sites for hydroxylation is 1. The van der Waals surface area contributed by atoms with Gasteiger partial charge in [0.1, 0.15) is 0 Å². The number of hydrogen-bond donors (Lipinski definition) is 1. The molecular formula is C15H15N3O2. The summed E-state index contributed by atoms with van der Waals surface area (Å²) in [6.07, 6.45) is 0. The first kappa shape index (κ1) is 13.7. The molecule has 0 spiro atoms. The molecule has 0 aliphatic rings. The van der Waals surface area contributed by atoms with Gasteiger partial charge in [0.15, 0.2) is 0 Å². The van der Waals surface area contributed by atoms with Gasteiger partial charge in [-0.25, -0.2) is 0 Å². The minimum atomic E-state index is -0.415. The fourth-order valence-electron chi connectivity index (χ4n) is 1.73. The number of non-ortho nitro benzene ring substituents is 1. The van der Waals surface area contributed by atoms with Gasteiger partial charge in [0.25, 0.3) is 5.69 Å². The van der Waals surface area contributed by atoms with E-state index in [9.17, 15) is 10.1 Å². The Morgan fingerprint density at radius 1 is 1.15 bits per heavy atom. The second kappa shape index (κ2) is 5.97. The van der Waals surface area contributed by atoms with E-state index in [1.54, 1.807) is 12.1 Å². The minimum absolute atomic E-state index is 0.0772. The van der Waals surface area contributed by atoms with Crippen molar-refractivity contribution < 1.29 is 4.92 Å². The zero-order valence-corrected chi connectivity index (χ0v) is 11.3. The van der Waals surface area contributed by atoms with Gasteiger partial charge in [0.2, 0.25) is 0 Å². The molecule has 2 aromatic rings. The molecule has 0 aliphatic heterocycles. The Hall–Kier alpha value is -2.69. The van der Waals surface area contributed by atoms with Crippen LogP contribution in [0.15, 0.2) is 53.6 Å². The molecule has 102 valence electrons. The monoisotopic (exact) mass is 269 g/mol. The predicted molar refractivity (Wildman–Crippen MR) is 80.1 cm³/mol. The standard InChI is InChI=1S/C15H15N3O2/c1-11-5-3-4-6-15(11)17-16-12(2)13-7-9-14(10-8-13)18(19)20/h3-10,17H,1-2H3/b16-12-. The lowest BCUT2D eigenvalue weighted by atomic mass is 10.1. The molecule has 20 heavy (non-hydrogen) atoms. The first-order chi connectivity index (χ1) is 9.58. The molecule has 5 heteroatoms. The fourth-order valence-corrected chi connectivity index (χ4v) is 1.73. The highest BCUT2D eigenvalue weighted by molar-refractivity contribution is 5.99. The maximum absolute atomic E-state index is 10.6. The summed E-state index contributed by atoms with van der Waals surface area (Å²) in [4.78, 5) is 10.2. The number of rotatable bonds is 4. The lowest BCUT2D eigenvalue weighted by Gasteiger charge is -2.06. The van der Waals surface area contributed by atoms with E-state index >= 15 is 0 Å². The first-order valence-electron chi connectivity index (χ1n) is 6.18. The van der Waals surface area contributed by atoms with Gasteiger partial charge in [-0.15, -0.1) is 0 Å². The number of hydrogen-bond acceptors (Lipinski definition) is 4. The van der Waals surface area contributed by atoms with Gasteiger partial charge in [0.05, 0.1) is 16.3 Å². The molecule has 0 radical (unpaired) electrons. The van der Waals surface area contributed by atoms with Crippen molar-refractivity contribution in [2.45, 2.75) is 13.8 Å². The molecule has 5 nitrogen and oxygen atoms in total. The molecular weight excluding hydrogens is 254 g/mol. The molecule has 0 saturated heterocycles. The summed E-state index contributed by atoms with van der Waals surface area (Å²) >= 11 is 0. The first-order valence-corrected chi connectivity index (χ1v) is 6.18. The third-order valence-electron chi connectivity index (χ3n) is 2.99. The number of nitrogens with one attached hydrogen (secondary N) is 1.